The summed E-state index contributed by atoms with van der Waals surface area (Å²) in [5.41, 5.74) is 6.01. The average Bonchev–Trinajstić information content (AvgIpc) is 2.39. The van der Waals surface area contributed by atoms with Gasteiger partial charge in [-0.2, -0.15) is 0 Å². The summed E-state index contributed by atoms with van der Waals surface area (Å²) in [7, 11) is 1.52. The highest BCUT2D eigenvalue weighted by Gasteiger charge is 2.14. The maximum absolute atomic E-state index is 13.2. The number of halogens is 1. The lowest BCUT2D eigenvalue weighted by Crippen LogP contribution is -2.26. The topological polar surface area (TPSA) is 64.3 Å². The Morgan fingerprint density at radius 3 is 2.84 bits per heavy atom. The lowest BCUT2D eigenvalue weighted by molar-refractivity contribution is -0.121. The molecule has 0 saturated heterocycles. The number of hydrogen-bond acceptors (Lipinski definition) is 3. The molecule has 1 aromatic carbocycles. The first-order chi connectivity index (χ1) is 9.08. The van der Waals surface area contributed by atoms with E-state index in [1.54, 1.807) is 13.0 Å². The fourth-order valence-corrected chi connectivity index (χ4v) is 1.86. The lowest BCUT2D eigenvalue weighted by atomic mass is 10.1. The Bertz CT molecular complexity index is 424. The minimum absolute atomic E-state index is 0.0627. The number of benzene rings is 1. The molecule has 1 rings (SSSR count). The molecule has 0 aliphatic heterocycles. The van der Waals surface area contributed by atoms with Crippen molar-refractivity contribution in [1.82, 2.24) is 5.32 Å². The van der Waals surface area contributed by atoms with Gasteiger partial charge in [0, 0.05) is 12.0 Å². The van der Waals surface area contributed by atoms with Crippen molar-refractivity contribution >= 4 is 5.91 Å². The fourth-order valence-electron chi connectivity index (χ4n) is 1.86. The molecule has 0 aromatic heterocycles. The first kappa shape index (κ1) is 15.4. The first-order valence-corrected chi connectivity index (χ1v) is 6.41. The van der Waals surface area contributed by atoms with E-state index >= 15 is 0 Å². The van der Waals surface area contributed by atoms with E-state index in [0.29, 0.717) is 24.3 Å². The molecular weight excluding hydrogens is 247 g/mol. The van der Waals surface area contributed by atoms with E-state index in [1.165, 1.54) is 19.2 Å². The van der Waals surface area contributed by atoms with Crippen LogP contribution < -0.4 is 15.8 Å². The Hall–Kier alpha value is -1.62. The van der Waals surface area contributed by atoms with E-state index in [0.717, 1.165) is 12.8 Å². The number of carbonyl (C=O) groups excluding carboxylic acids is 1. The van der Waals surface area contributed by atoms with Gasteiger partial charge in [0.1, 0.15) is 11.6 Å². The normalized spacial score (nSPS) is 12.0. The quantitative estimate of drug-likeness (QED) is 0.745. The van der Waals surface area contributed by atoms with Crippen molar-refractivity contribution in [3.63, 3.8) is 0 Å². The maximum Gasteiger partial charge on any atom is 0.220 e. The summed E-state index contributed by atoms with van der Waals surface area (Å²) < 4.78 is 18.4. The summed E-state index contributed by atoms with van der Waals surface area (Å²) in [6.45, 7) is 2.39. The van der Waals surface area contributed by atoms with Gasteiger partial charge in [-0.1, -0.05) is 0 Å². The Morgan fingerprint density at radius 1 is 1.47 bits per heavy atom. The molecule has 1 atom stereocenters. The van der Waals surface area contributed by atoms with Crippen molar-refractivity contribution in [3.05, 3.63) is 29.6 Å². The Balaban J connectivity index is 2.64. The van der Waals surface area contributed by atoms with Gasteiger partial charge in [0.05, 0.1) is 13.2 Å². The van der Waals surface area contributed by atoms with Gasteiger partial charge in [0.15, 0.2) is 0 Å². The van der Waals surface area contributed by atoms with E-state index in [1.807, 2.05) is 0 Å². The van der Waals surface area contributed by atoms with Crippen LogP contribution in [0.4, 0.5) is 4.39 Å². The molecule has 3 N–H and O–H groups in total. The third-order valence-electron chi connectivity index (χ3n) is 2.89. The number of nitrogens with two attached hydrogens (primary N) is 1. The predicted octanol–water partition coefficient (Wildman–Crippen LogP) is 2.14. The van der Waals surface area contributed by atoms with Gasteiger partial charge in [-0.25, -0.2) is 4.39 Å². The summed E-state index contributed by atoms with van der Waals surface area (Å²) >= 11 is 0. The number of amides is 1. The molecule has 1 unspecified atom stereocenters. The van der Waals surface area contributed by atoms with Gasteiger partial charge < -0.3 is 15.8 Å². The highest BCUT2D eigenvalue weighted by molar-refractivity contribution is 5.76. The highest BCUT2D eigenvalue weighted by Crippen LogP contribution is 2.25. The van der Waals surface area contributed by atoms with Crippen LogP contribution >= 0.6 is 0 Å². The van der Waals surface area contributed by atoms with Crippen LogP contribution in [0.2, 0.25) is 0 Å². The number of unbranched alkanes of at least 4 members (excludes halogenated alkanes) is 1. The second-order valence-electron chi connectivity index (χ2n) is 4.42. The Morgan fingerprint density at radius 2 is 2.21 bits per heavy atom. The molecule has 0 heterocycles. The summed E-state index contributed by atoms with van der Waals surface area (Å²) in [5, 5.41) is 2.83. The summed E-state index contributed by atoms with van der Waals surface area (Å²) in [6, 6.07) is 3.97. The minimum atomic E-state index is -0.347. The van der Waals surface area contributed by atoms with Crippen LogP contribution in [0.25, 0.3) is 0 Å². The van der Waals surface area contributed by atoms with Crippen LogP contribution in [0.15, 0.2) is 18.2 Å². The Kier molecular flexibility index (Phi) is 6.29. The van der Waals surface area contributed by atoms with Crippen molar-refractivity contribution < 1.29 is 13.9 Å². The number of rotatable bonds is 7. The summed E-state index contributed by atoms with van der Waals surface area (Å²) in [4.78, 5) is 11.7. The molecular formula is C14H21FN2O2. The van der Waals surface area contributed by atoms with Crippen molar-refractivity contribution in [1.29, 1.82) is 0 Å². The molecule has 0 aliphatic carbocycles. The van der Waals surface area contributed by atoms with E-state index in [9.17, 15) is 9.18 Å². The van der Waals surface area contributed by atoms with Gasteiger partial charge in [-0.05, 0) is 44.5 Å². The van der Waals surface area contributed by atoms with E-state index in [4.69, 9.17) is 10.5 Å². The predicted molar refractivity (Wildman–Crippen MR) is 72.4 cm³/mol. The molecule has 1 aromatic rings. The molecule has 0 bridgehead atoms. The standard InChI is InChI=1S/C14H21FN2O2/c1-10(17-14(18)5-3-4-8-16)12-9-11(15)6-7-13(12)19-2/h6-7,9-10H,3-5,8,16H2,1-2H3,(H,17,18). The van der Waals surface area contributed by atoms with Crippen LogP contribution in [-0.4, -0.2) is 19.6 Å². The first-order valence-electron chi connectivity index (χ1n) is 6.41. The number of methoxy groups -OCH3 is 1. The van der Waals surface area contributed by atoms with Crippen molar-refractivity contribution in [2.45, 2.75) is 32.2 Å². The zero-order chi connectivity index (χ0) is 14.3. The monoisotopic (exact) mass is 268 g/mol. The molecule has 19 heavy (non-hydrogen) atoms. The molecule has 0 fully saturated rings. The lowest BCUT2D eigenvalue weighted by Gasteiger charge is -2.17. The van der Waals surface area contributed by atoms with Crippen molar-refractivity contribution in [3.8, 4) is 5.75 Å². The highest BCUT2D eigenvalue weighted by atomic mass is 19.1. The third-order valence-corrected chi connectivity index (χ3v) is 2.89. The van der Waals surface area contributed by atoms with Gasteiger partial charge in [-0.3, -0.25) is 4.79 Å². The second kappa shape index (κ2) is 7.74. The van der Waals surface area contributed by atoms with Crippen LogP contribution in [0.3, 0.4) is 0 Å². The molecule has 5 heteroatoms. The van der Waals surface area contributed by atoms with Crippen molar-refractivity contribution in [2.75, 3.05) is 13.7 Å². The molecule has 1 amide bonds. The van der Waals surface area contributed by atoms with Crippen molar-refractivity contribution in [2.24, 2.45) is 5.73 Å². The largest absolute Gasteiger partial charge is 0.496 e. The molecule has 0 aliphatic rings. The van der Waals surface area contributed by atoms with Gasteiger partial charge in [-0.15, -0.1) is 0 Å². The minimum Gasteiger partial charge on any atom is -0.496 e. The summed E-state index contributed by atoms with van der Waals surface area (Å²) in [5.74, 6) is 0.156. The maximum atomic E-state index is 13.2. The SMILES string of the molecule is COc1ccc(F)cc1C(C)NC(=O)CCCCN. The van der Waals surface area contributed by atoms with Crippen LogP contribution in [0, 0.1) is 5.82 Å². The average molecular weight is 268 g/mol. The van der Waals surface area contributed by atoms with Gasteiger partial charge in [0.25, 0.3) is 0 Å². The molecule has 0 radical (unpaired) electrons. The van der Waals surface area contributed by atoms with E-state index < -0.39 is 0 Å². The third kappa shape index (κ3) is 4.87. The van der Waals surface area contributed by atoms with E-state index in [-0.39, 0.29) is 17.8 Å². The number of nitrogens with one attached hydrogen (secondary N) is 1. The van der Waals surface area contributed by atoms with E-state index in [2.05, 4.69) is 5.32 Å². The zero-order valence-electron chi connectivity index (χ0n) is 11.4. The molecule has 106 valence electrons. The van der Waals surface area contributed by atoms with Gasteiger partial charge in [0.2, 0.25) is 5.91 Å². The number of ether oxygens (including phenoxy) is 1. The molecule has 0 spiro atoms. The number of carbonyl (C=O) groups is 1. The van der Waals surface area contributed by atoms with Crippen LogP contribution in [-0.2, 0) is 4.79 Å². The van der Waals surface area contributed by atoms with Crippen LogP contribution in [0.1, 0.15) is 37.8 Å². The summed E-state index contributed by atoms with van der Waals surface area (Å²) in [6.07, 6.45) is 2.01. The van der Waals surface area contributed by atoms with Crippen LogP contribution in [0.5, 0.6) is 5.75 Å². The Labute approximate surface area is 113 Å². The smallest absolute Gasteiger partial charge is 0.220 e. The zero-order valence-corrected chi connectivity index (χ0v) is 11.4. The number of hydrogen-bond donors (Lipinski definition) is 2. The molecule has 0 saturated carbocycles. The fraction of sp³-hybridized carbons (Fsp3) is 0.500. The molecule has 4 nitrogen and oxygen atoms in total. The second-order valence-corrected chi connectivity index (χ2v) is 4.42. The van der Waals surface area contributed by atoms with Gasteiger partial charge >= 0.3 is 0 Å².